The Balaban J connectivity index is 1.74. The quantitative estimate of drug-likeness (QED) is 0.923. The van der Waals surface area contributed by atoms with Crippen LogP contribution in [0.4, 0.5) is 13.2 Å². The number of benzene rings is 1. The van der Waals surface area contributed by atoms with Crippen molar-refractivity contribution in [2.45, 2.75) is 25.6 Å². The molecule has 2 saturated heterocycles. The van der Waals surface area contributed by atoms with Crippen molar-refractivity contribution in [2.75, 3.05) is 39.3 Å². The van der Waals surface area contributed by atoms with Crippen LogP contribution < -0.4 is 5.32 Å². The molecule has 1 aromatic rings. The molecule has 0 aromatic heterocycles. The Morgan fingerprint density at radius 1 is 1.35 bits per heavy atom. The molecule has 0 saturated carbocycles. The Kier molecular flexibility index (Phi) is 4.67. The summed E-state index contributed by atoms with van der Waals surface area (Å²) in [4.78, 5) is 2.24. The van der Waals surface area contributed by atoms with Gasteiger partial charge in [0.25, 0.3) is 0 Å². The summed E-state index contributed by atoms with van der Waals surface area (Å²) in [6, 6.07) is 5.75. The molecule has 0 bridgehead atoms. The summed E-state index contributed by atoms with van der Waals surface area (Å²) in [5, 5.41) is 3.37. The van der Waals surface area contributed by atoms with Crippen LogP contribution in [0, 0.1) is 5.41 Å². The summed E-state index contributed by atoms with van der Waals surface area (Å²) < 4.78 is 45.3. The standard InChI is InChI=1S/C17H23F3N2O/c1-16(6-7-21-11-16)12-22-8-9-23-15(10-22)13-4-2-3-5-14(13)17(18,19)20/h2-5,15,21H,6-12H2,1H3. The summed E-state index contributed by atoms with van der Waals surface area (Å²) in [5.74, 6) is 0. The van der Waals surface area contributed by atoms with E-state index < -0.39 is 17.8 Å². The average molecular weight is 328 g/mol. The first-order valence-corrected chi connectivity index (χ1v) is 8.08. The molecule has 2 atom stereocenters. The van der Waals surface area contributed by atoms with Crippen LogP contribution in [0.3, 0.4) is 0 Å². The van der Waals surface area contributed by atoms with E-state index in [0.29, 0.717) is 13.2 Å². The molecular weight excluding hydrogens is 305 g/mol. The number of halogens is 3. The largest absolute Gasteiger partial charge is 0.416 e. The van der Waals surface area contributed by atoms with Crippen molar-refractivity contribution in [3.8, 4) is 0 Å². The first-order valence-electron chi connectivity index (χ1n) is 8.08. The van der Waals surface area contributed by atoms with E-state index in [4.69, 9.17) is 4.74 Å². The molecule has 3 rings (SSSR count). The molecule has 6 heteroatoms. The van der Waals surface area contributed by atoms with E-state index in [0.717, 1.165) is 38.7 Å². The van der Waals surface area contributed by atoms with Crippen LogP contribution in [0.15, 0.2) is 24.3 Å². The number of nitrogens with zero attached hydrogens (tertiary/aromatic N) is 1. The van der Waals surface area contributed by atoms with Gasteiger partial charge in [0.15, 0.2) is 0 Å². The molecule has 2 unspecified atom stereocenters. The number of hydrogen-bond acceptors (Lipinski definition) is 3. The van der Waals surface area contributed by atoms with Crippen molar-refractivity contribution in [3.05, 3.63) is 35.4 Å². The van der Waals surface area contributed by atoms with Crippen LogP contribution in [0.1, 0.15) is 30.6 Å². The molecule has 0 amide bonds. The van der Waals surface area contributed by atoms with Gasteiger partial charge in [0.05, 0.1) is 18.3 Å². The summed E-state index contributed by atoms with van der Waals surface area (Å²) in [6.45, 7) is 6.88. The second kappa shape index (κ2) is 6.42. The van der Waals surface area contributed by atoms with Gasteiger partial charge in [-0.25, -0.2) is 0 Å². The second-order valence-electron chi connectivity index (χ2n) is 6.92. The van der Waals surface area contributed by atoms with E-state index in [2.05, 4.69) is 17.1 Å². The first-order chi connectivity index (χ1) is 10.9. The van der Waals surface area contributed by atoms with Gasteiger partial charge in [-0.1, -0.05) is 25.1 Å². The van der Waals surface area contributed by atoms with Crippen LogP contribution >= 0.6 is 0 Å². The van der Waals surface area contributed by atoms with Gasteiger partial charge in [-0.3, -0.25) is 4.90 Å². The molecule has 1 N–H and O–H groups in total. The maximum Gasteiger partial charge on any atom is 0.416 e. The zero-order valence-corrected chi connectivity index (χ0v) is 13.3. The highest BCUT2D eigenvalue weighted by atomic mass is 19.4. The molecule has 2 fully saturated rings. The van der Waals surface area contributed by atoms with Crippen LogP contribution in [0.25, 0.3) is 0 Å². The van der Waals surface area contributed by atoms with Gasteiger partial charge >= 0.3 is 6.18 Å². The van der Waals surface area contributed by atoms with Crippen molar-refractivity contribution in [3.63, 3.8) is 0 Å². The fourth-order valence-corrected chi connectivity index (χ4v) is 3.61. The van der Waals surface area contributed by atoms with Crippen molar-refractivity contribution in [1.82, 2.24) is 10.2 Å². The van der Waals surface area contributed by atoms with Gasteiger partial charge in [0, 0.05) is 26.2 Å². The molecule has 3 nitrogen and oxygen atoms in total. The van der Waals surface area contributed by atoms with Gasteiger partial charge in [-0.05, 0) is 30.0 Å². The summed E-state index contributed by atoms with van der Waals surface area (Å²) >= 11 is 0. The smallest absolute Gasteiger partial charge is 0.371 e. The molecule has 0 aliphatic carbocycles. The third-order valence-electron chi connectivity index (χ3n) is 4.83. The highest BCUT2D eigenvalue weighted by Crippen LogP contribution is 2.37. The predicted octanol–water partition coefficient (Wildman–Crippen LogP) is 3.08. The second-order valence-corrected chi connectivity index (χ2v) is 6.92. The number of ether oxygens (including phenoxy) is 1. The van der Waals surface area contributed by atoms with Gasteiger partial charge in [-0.2, -0.15) is 13.2 Å². The molecule has 2 aliphatic heterocycles. The lowest BCUT2D eigenvalue weighted by atomic mass is 9.88. The van der Waals surface area contributed by atoms with E-state index in [-0.39, 0.29) is 11.0 Å². The normalized spacial score (nSPS) is 29.8. The van der Waals surface area contributed by atoms with Gasteiger partial charge in [0.1, 0.15) is 0 Å². The number of alkyl halides is 3. The molecule has 2 heterocycles. The van der Waals surface area contributed by atoms with Crippen LogP contribution in [-0.4, -0.2) is 44.2 Å². The van der Waals surface area contributed by atoms with Crippen molar-refractivity contribution < 1.29 is 17.9 Å². The Hall–Kier alpha value is -1.11. The van der Waals surface area contributed by atoms with E-state index in [1.165, 1.54) is 12.1 Å². The van der Waals surface area contributed by atoms with Crippen LogP contribution in [0.2, 0.25) is 0 Å². The first kappa shape index (κ1) is 16.7. The highest BCUT2D eigenvalue weighted by Gasteiger charge is 2.37. The molecule has 23 heavy (non-hydrogen) atoms. The third kappa shape index (κ3) is 3.87. The van der Waals surface area contributed by atoms with E-state index >= 15 is 0 Å². The molecule has 0 spiro atoms. The lowest BCUT2D eigenvalue weighted by Gasteiger charge is -2.38. The molecule has 0 radical (unpaired) electrons. The third-order valence-corrected chi connectivity index (χ3v) is 4.83. The summed E-state index contributed by atoms with van der Waals surface area (Å²) in [6.07, 6.45) is -3.75. The van der Waals surface area contributed by atoms with Crippen molar-refractivity contribution in [2.24, 2.45) is 5.41 Å². The maximum atomic E-state index is 13.2. The number of morpholine rings is 1. The van der Waals surface area contributed by atoms with Gasteiger partial charge < -0.3 is 10.1 Å². The van der Waals surface area contributed by atoms with Crippen LogP contribution in [0.5, 0.6) is 0 Å². The molecule has 2 aliphatic rings. The fourth-order valence-electron chi connectivity index (χ4n) is 3.61. The Morgan fingerprint density at radius 2 is 2.13 bits per heavy atom. The molecule has 128 valence electrons. The Bertz CT molecular complexity index is 541. The summed E-state index contributed by atoms with van der Waals surface area (Å²) in [7, 11) is 0. The van der Waals surface area contributed by atoms with Gasteiger partial charge in [0.2, 0.25) is 0 Å². The zero-order valence-electron chi connectivity index (χ0n) is 13.3. The Labute approximate surface area is 134 Å². The van der Waals surface area contributed by atoms with E-state index in [1.54, 1.807) is 6.07 Å². The fraction of sp³-hybridized carbons (Fsp3) is 0.647. The number of hydrogen-bond donors (Lipinski definition) is 1. The van der Waals surface area contributed by atoms with Gasteiger partial charge in [-0.15, -0.1) is 0 Å². The minimum Gasteiger partial charge on any atom is -0.371 e. The number of rotatable bonds is 3. The van der Waals surface area contributed by atoms with E-state index in [1.807, 2.05) is 0 Å². The number of nitrogens with one attached hydrogen (secondary N) is 1. The topological polar surface area (TPSA) is 24.5 Å². The molecular formula is C17H23F3N2O. The average Bonchev–Trinajstić information content (AvgIpc) is 2.93. The maximum absolute atomic E-state index is 13.2. The predicted molar refractivity (Wildman–Crippen MR) is 82.2 cm³/mol. The zero-order chi connectivity index (χ0) is 16.5. The SMILES string of the molecule is CC1(CN2CCOC(c3ccccc3C(F)(F)F)C2)CCNC1. The molecule has 1 aromatic carbocycles. The lowest BCUT2D eigenvalue weighted by molar-refractivity contribution is -0.140. The van der Waals surface area contributed by atoms with Crippen LogP contribution in [-0.2, 0) is 10.9 Å². The minimum atomic E-state index is -4.34. The monoisotopic (exact) mass is 328 g/mol. The summed E-state index contributed by atoms with van der Waals surface area (Å²) in [5.41, 5.74) is -0.134. The minimum absolute atomic E-state index is 0.200. The lowest BCUT2D eigenvalue weighted by Crippen LogP contribution is -2.45. The van der Waals surface area contributed by atoms with Crippen molar-refractivity contribution >= 4 is 0 Å². The Morgan fingerprint density at radius 3 is 2.83 bits per heavy atom. The van der Waals surface area contributed by atoms with Crippen molar-refractivity contribution in [1.29, 1.82) is 0 Å². The highest BCUT2D eigenvalue weighted by molar-refractivity contribution is 5.32. The van der Waals surface area contributed by atoms with E-state index in [9.17, 15) is 13.2 Å².